The van der Waals surface area contributed by atoms with Gasteiger partial charge in [0.15, 0.2) is 15.7 Å². The molecule has 1 aliphatic heterocycles. The summed E-state index contributed by atoms with van der Waals surface area (Å²) in [4.78, 5) is 16.3. The Morgan fingerprint density at radius 3 is 2.52 bits per heavy atom. The highest BCUT2D eigenvalue weighted by Gasteiger charge is 2.34. The topological polar surface area (TPSA) is 83.5 Å². The highest BCUT2D eigenvalue weighted by atomic mass is 32.2. The number of hydrogen-bond acceptors (Lipinski definition) is 6. The van der Waals surface area contributed by atoms with Crippen molar-refractivity contribution in [2.75, 3.05) is 31.1 Å². The van der Waals surface area contributed by atoms with Crippen molar-refractivity contribution in [2.45, 2.75) is 37.7 Å². The molecule has 1 unspecified atom stereocenters. The highest BCUT2D eigenvalue weighted by Crippen LogP contribution is 2.16. The van der Waals surface area contributed by atoms with Gasteiger partial charge < -0.3 is 9.80 Å². The molecule has 8 heteroatoms. The van der Waals surface area contributed by atoms with Crippen molar-refractivity contribution in [3.05, 3.63) is 18.3 Å². The summed E-state index contributed by atoms with van der Waals surface area (Å²) < 4.78 is 24.4. The molecule has 2 heterocycles. The largest absolute Gasteiger partial charge is 0.353 e. The number of nitrogens with zero attached hydrogens (tertiary/aromatic N) is 4. The fourth-order valence-electron chi connectivity index (χ4n) is 2.63. The molecule has 0 radical (unpaired) electrons. The van der Waals surface area contributed by atoms with Crippen LogP contribution in [0, 0.1) is 0 Å². The zero-order chi connectivity index (χ0) is 17.0. The smallest absolute Gasteiger partial charge is 0.240 e. The van der Waals surface area contributed by atoms with E-state index in [-0.39, 0.29) is 5.91 Å². The van der Waals surface area contributed by atoms with Gasteiger partial charge in [0, 0.05) is 32.4 Å². The number of carbonyl (C=O) groups excluding carboxylic acids is 1. The number of carbonyl (C=O) groups is 1. The standard InChI is InChI=1S/C15H24N4O3S/c1-12(2)23(21,22)13(3)15(20)19-9-5-8-18(10-11-19)14-6-4-7-16-17-14/h4,6-7,12-13H,5,8-11H2,1-3H3. The number of anilines is 1. The van der Waals surface area contributed by atoms with Gasteiger partial charge in [0.1, 0.15) is 5.25 Å². The normalized spacial score (nSPS) is 17.9. The van der Waals surface area contributed by atoms with Gasteiger partial charge in [0.25, 0.3) is 0 Å². The van der Waals surface area contributed by atoms with E-state index in [9.17, 15) is 13.2 Å². The minimum absolute atomic E-state index is 0.306. The van der Waals surface area contributed by atoms with Crippen LogP contribution in [0.15, 0.2) is 18.3 Å². The first-order chi connectivity index (χ1) is 10.8. The Kier molecular flexibility index (Phi) is 5.56. The third-order valence-corrected chi connectivity index (χ3v) is 6.69. The SMILES string of the molecule is CC(C)S(=O)(=O)C(C)C(=O)N1CCCN(c2cccnn2)CC1. The lowest BCUT2D eigenvalue weighted by atomic mass is 10.3. The van der Waals surface area contributed by atoms with Crippen molar-refractivity contribution in [1.29, 1.82) is 0 Å². The molecule has 0 aliphatic carbocycles. The molecule has 0 bridgehead atoms. The second-order valence-corrected chi connectivity index (χ2v) is 8.86. The fourth-order valence-corrected chi connectivity index (χ4v) is 3.88. The number of rotatable bonds is 4. The minimum atomic E-state index is -3.43. The van der Waals surface area contributed by atoms with Gasteiger partial charge in [0.2, 0.25) is 5.91 Å². The lowest BCUT2D eigenvalue weighted by molar-refractivity contribution is -0.130. The van der Waals surface area contributed by atoms with Crippen molar-refractivity contribution >= 4 is 21.6 Å². The van der Waals surface area contributed by atoms with Crippen LogP contribution in [0.5, 0.6) is 0 Å². The molecule has 1 aromatic rings. The summed E-state index contributed by atoms with van der Waals surface area (Å²) in [6.45, 7) is 7.16. The first-order valence-electron chi connectivity index (χ1n) is 7.88. The molecule has 0 spiro atoms. The molecular weight excluding hydrogens is 316 g/mol. The minimum Gasteiger partial charge on any atom is -0.353 e. The Morgan fingerprint density at radius 2 is 1.91 bits per heavy atom. The third kappa shape index (κ3) is 3.99. The van der Waals surface area contributed by atoms with Gasteiger partial charge in [0.05, 0.1) is 5.25 Å². The van der Waals surface area contributed by atoms with E-state index in [0.717, 1.165) is 18.8 Å². The summed E-state index contributed by atoms with van der Waals surface area (Å²) in [7, 11) is -3.43. The van der Waals surface area contributed by atoms with Crippen LogP contribution in [0.3, 0.4) is 0 Å². The van der Waals surface area contributed by atoms with Crippen molar-refractivity contribution in [3.63, 3.8) is 0 Å². The summed E-state index contributed by atoms with van der Waals surface area (Å²) >= 11 is 0. The van der Waals surface area contributed by atoms with E-state index in [0.29, 0.717) is 19.6 Å². The van der Waals surface area contributed by atoms with Crippen molar-refractivity contribution < 1.29 is 13.2 Å². The molecule has 7 nitrogen and oxygen atoms in total. The van der Waals surface area contributed by atoms with E-state index in [4.69, 9.17) is 0 Å². The Hall–Kier alpha value is -1.70. The predicted octanol–water partition coefficient (Wildman–Crippen LogP) is 0.727. The van der Waals surface area contributed by atoms with Crippen LogP contribution < -0.4 is 4.90 Å². The first kappa shape index (κ1) is 17.7. The molecular formula is C15H24N4O3S. The third-order valence-electron chi connectivity index (χ3n) is 4.19. The van der Waals surface area contributed by atoms with Gasteiger partial charge in [-0.25, -0.2) is 8.42 Å². The molecule has 1 amide bonds. The average molecular weight is 340 g/mol. The second-order valence-electron chi connectivity index (χ2n) is 6.03. The zero-order valence-corrected chi connectivity index (χ0v) is 14.7. The van der Waals surface area contributed by atoms with Crippen LogP contribution in [0.1, 0.15) is 27.2 Å². The Bertz CT molecular complexity index is 633. The van der Waals surface area contributed by atoms with Gasteiger partial charge in [-0.2, -0.15) is 5.10 Å². The number of hydrogen-bond donors (Lipinski definition) is 0. The summed E-state index contributed by atoms with van der Waals surface area (Å²) in [5.74, 6) is 0.476. The molecule has 23 heavy (non-hydrogen) atoms. The molecule has 1 atom stereocenters. The quantitative estimate of drug-likeness (QED) is 0.803. The van der Waals surface area contributed by atoms with E-state index in [2.05, 4.69) is 15.1 Å². The van der Waals surface area contributed by atoms with Crippen molar-refractivity contribution in [3.8, 4) is 0 Å². The molecule has 0 N–H and O–H groups in total. The molecule has 1 aromatic heterocycles. The Labute approximate surface area is 137 Å². The van der Waals surface area contributed by atoms with Crippen LogP contribution in [-0.4, -0.2) is 66.1 Å². The number of amides is 1. The zero-order valence-electron chi connectivity index (χ0n) is 13.8. The molecule has 1 fully saturated rings. The van der Waals surface area contributed by atoms with E-state index in [1.165, 1.54) is 6.92 Å². The van der Waals surface area contributed by atoms with E-state index >= 15 is 0 Å². The van der Waals surface area contributed by atoms with Crippen LogP contribution in [0.25, 0.3) is 0 Å². The highest BCUT2D eigenvalue weighted by molar-refractivity contribution is 7.93. The molecule has 0 saturated carbocycles. The van der Waals surface area contributed by atoms with Gasteiger partial charge in [-0.15, -0.1) is 5.10 Å². The summed E-state index contributed by atoms with van der Waals surface area (Å²) in [6.07, 6.45) is 2.40. The second kappa shape index (κ2) is 7.25. The number of sulfone groups is 1. The van der Waals surface area contributed by atoms with E-state index < -0.39 is 20.3 Å². The van der Waals surface area contributed by atoms with Crippen molar-refractivity contribution in [2.24, 2.45) is 0 Å². The average Bonchev–Trinajstić information content (AvgIpc) is 2.80. The monoisotopic (exact) mass is 340 g/mol. The van der Waals surface area contributed by atoms with Crippen LogP contribution in [0.2, 0.25) is 0 Å². The van der Waals surface area contributed by atoms with Crippen LogP contribution >= 0.6 is 0 Å². The molecule has 0 aromatic carbocycles. The number of aromatic nitrogens is 2. The van der Waals surface area contributed by atoms with Gasteiger partial charge in [-0.1, -0.05) is 0 Å². The van der Waals surface area contributed by atoms with E-state index in [1.807, 2.05) is 12.1 Å². The molecule has 1 saturated heterocycles. The first-order valence-corrected chi connectivity index (χ1v) is 9.49. The maximum atomic E-state index is 12.5. The maximum absolute atomic E-state index is 12.5. The Morgan fingerprint density at radius 1 is 1.17 bits per heavy atom. The summed E-state index contributed by atoms with van der Waals surface area (Å²) in [5, 5.41) is 6.41. The van der Waals surface area contributed by atoms with Crippen molar-refractivity contribution in [1.82, 2.24) is 15.1 Å². The van der Waals surface area contributed by atoms with Crippen LogP contribution in [-0.2, 0) is 14.6 Å². The lowest BCUT2D eigenvalue weighted by Gasteiger charge is -2.25. The molecule has 1 aliphatic rings. The molecule has 128 valence electrons. The summed E-state index contributed by atoms with van der Waals surface area (Å²) in [5.41, 5.74) is 0. The van der Waals surface area contributed by atoms with Gasteiger partial charge >= 0.3 is 0 Å². The predicted molar refractivity (Wildman–Crippen MR) is 89.0 cm³/mol. The molecule has 2 rings (SSSR count). The maximum Gasteiger partial charge on any atom is 0.240 e. The van der Waals surface area contributed by atoms with Gasteiger partial charge in [-0.3, -0.25) is 4.79 Å². The fraction of sp³-hybridized carbons (Fsp3) is 0.667. The Balaban J connectivity index is 2.04. The van der Waals surface area contributed by atoms with Gasteiger partial charge in [-0.05, 0) is 39.3 Å². The van der Waals surface area contributed by atoms with Crippen LogP contribution in [0.4, 0.5) is 5.82 Å². The lowest BCUT2D eigenvalue weighted by Crippen LogP contribution is -2.45. The summed E-state index contributed by atoms with van der Waals surface area (Å²) in [6, 6.07) is 3.71. The van der Waals surface area contributed by atoms with E-state index in [1.54, 1.807) is 24.9 Å².